The summed E-state index contributed by atoms with van der Waals surface area (Å²) >= 11 is 1.35. The number of thioether (sulfide) groups is 1. The second-order valence-electron chi connectivity index (χ2n) is 7.02. The number of hydrogen-bond donors (Lipinski definition) is 5. The van der Waals surface area contributed by atoms with Crippen LogP contribution in [0, 0.1) is 0 Å². The van der Waals surface area contributed by atoms with Gasteiger partial charge in [0.1, 0.15) is 42.6 Å². The highest BCUT2D eigenvalue weighted by atomic mass is 32.2. The van der Waals surface area contributed by atoms with Gasteiger partial charge >= 0.3 is 5.97 Å². The Balaban J connectivity index is 1.55. The van der Waals surface area contributed by atoms with Crippen molar-refractivity contribution in [2.24, 2.45) is 0 Å². The first-order valence-electron chi connectivity index (χ1n) is 9.51. The van der Waals surface area contributed by atoms with Crippen LogP contribution < -0.4 is 11.1 Å². The van der Waals surface area contributed by atoms with Crippen LogP contribution in [0.1, 0.15) is 12.6 Å². The number of carbonyl (C=O) groups excluding carboxylic acids is 1. The summed E-state index contributed by atoms with van der Waals surface area (Å²) in [6.07, 6.45) is -0.693. The standard InChI is InChI=1S/C18H25N5O7S/c1-29-6-12(24)22-10(18(27)28)3-5-31-7-11-13(25)14(26)17(30-11)23-4-2-9-15(19)20-8-21-16(9)23/h2,4,8,10-11,13-14,17,25-26H,3,5-7H2,1H3,(H,22,24)(H,27,28)(H2,19,20,21)/t10?,11-,13-,14-,17?/m1/s1. The number of nitrogens with two attached hydrogens (primary N) is 1. The van der Waals surface area contributed by atoms with Crippen molar-refractivity contribution < 1.29 is 34.4 Å². The first-order valence-corrected chi connectivity index (χ1v) is 10.7. The summed E-state index contributed by atoms with van der Waals surface area (Å²) < 4.78 is 12.1. The molecule has 3 heterocycles. The summed E-state index contributed by atoms with van der Waals surface area (Å²) in [6, 6.07) is 0.665. The van der Waals surface area contributed by atoms with Crippen LogP contribution >= 0.6 is 11.8 Å². The lowest BCUT2D eigenvalue weighted by atomic mass is 10.1. The van der Waals surface area contributed by atoms with E-state index in [1.807, 2.05) is 0 Å². The first-order chi connectivity index (χ1) is 14.8. The highest BCUT2D eigenvalue weighted by Gasteiger charge is 2.43. The van der Waals surface area contributed by atoms with Gasteiger partial charge in [0, 0.05) is 19.1 Å². The summed E-state index contributed by atoms with van der Waals surface area (Å²) in [6.45, 7) is -0.219. The maximum absolute atomic E-state index is 11.5. The monoisotopic (exact) mass is 455 g/mol. The molecule has 5 atom stereocenters. The Labute approximate surface area is 181 Å². The third kappa shape index (κ3) is 5.25. The van der Waals surface area contributed by atoms with Crippen molar-refractivity contribution in [3.8, 4) is 0 Å². The summed E-state index contributed by atoms with van der Waals surface area (Å²) in [4.78, 5) is 30.9. The van der Waals surface area contributed by atoms with E-state index < -0.39 is 42.5 Å². The van der Waals surface area contributed by atoms with Crippen LogP contribution in [0.4, 0.5) is 5.82 Å². The zero-order chi connectivity index (χ0) is 22.5. The van der Waals surface area contributed by atoms with Gasteiger partial charge in [0.2, 0.25) is 5.91 Å². The van der Waals surface area contributed by atoms with E-state index in [1.165, 1.54) is 25.2 Å². The number of nitrogens with zero attached hydrogens (tertiary/aromatic N) is 3. The molecule has 1 amide bonds. The number of hydrogen-bond acceptors (Lipinski definition) is 10. The third-order valence-corrected chi connectivity index (χ3v) is 5.98. The Hall–Kier alpha value is -2.45. The lowest BCUT2D eigenvalue weighted by Crippen LogP contribution is -2.42. The second-order valence-corrected chi connectivity index (χ2v) is 8.17. The molecule has 2 aromatic rings. The number of aromatic nitrogens is 3. The molecule has 0 radical (unpaired) electrons. The number of ether oxygens (including phenoxy) is 2. The Morgan fingerprint density at radius 1 is 1.39 bits per heavy atom. The minimum atomic E-state index is -1.18. The molecule has 0 aliphatic carbocycles. The van der Waals surface area contributed by atoms with Gasteiger partial charge in [-0.3, -0.25) is 4.79 Å². The van der Waals surface area contributed by atoms with Crippen LogP contribution in [-0.2, 0) is 19.1 Å². The average Bonchev–Trinajstić information content (AvgIpc) is 3.27. The van der Waals surface area contributed by atoms with E-state index in [1.54, 1.807) is 16.8 Å². The third-order valence-electron chi connectivity index (χ3n) is 4.89. The van der Waals surface area contributed by atoms with Crippen LogP contribution in [0.25, 0.3) is 11.0 Å². The molecule has 1 aliphatic rings. The minimum Gasteiger partial charge on any atom is -0.480 e. The van der Waals surface area contributed by atoms with Crippen molar-refractivity contribution in [1.29, 1.82) is 0 Å². The largest absolute Gasteiger partial charge is 0.480 e. The number of methoxy groups -OCH3 is 1. The Bertz CT molecular complexity index is 926. The highest BCUT2D eigenvalue weighted by Crippen LogP contribution is 2.34. The fraction of sp³-hybridized carbons (Fsp3) is 0.556. The lowest BCUT2D eigenvalue weighted by Gasteiger charge is -2.17. The normalized spacial score (nSPS) is 24.4. The van der Waals surface area contributed by atoms with Crippen LogP contribution in [0.15, 0.2) is 18.6 Å². The maximum atomic E-state index is 11.5. The van der Waals surface area contributed by atoms with E-state index in [0.29, 0.717) is 28.4 Å². The lowest BCUT2D eigenvalue weighted by molar-refractivity contribution is -0.142. The predicted octanol–water partition coefficient (Wildman–Crippen LogP) is -1.03. The molecule has 1 fully saturated rings. The molecule has 0 aromatic carbocycles. The van der Waals surface area contributed by atoms with Crippen LogP contribution in [-0.4, -0.2) is 91.3 Å². The molecule has 2 unspecified atom stereocenters. The minimum absolute atomic E-state index is 0.183. The summed E-state index contributed by atoms with van der Waals surface area (Å²) in [5.74, 6) is -0.631. The summed E-state index contributed by atoms with van der Waals surface area (Å²) in [5, 5.41) is 33.1. The van der Waals surface area contributed by atoms with Gasteiger partial charge in [-0.05, 0) is 18.2 Å². The number of aliphatic carboxylic acids is 1. The van der Waals surface area contributed by atoms with E-state index >= 15 is 0 Å². The molecular weight excluding hydrogens is 430 g/mol. The molecule has 0 saturated carbocycles. The maximum Gasteiger partial charge on any atom is 0.326 e. The fourth-order valence-electron chi connectivity index (χ4n) is 3.32. The van der Waals surface area contributed by atoms with Gasteiger partial charge in [0.05, 0.1) is 11.5 Å². The number of aliphatic hydroxyl groups is 2. The predicted molar refractivity (Wildman–Crippen MR) is 111 cm³/mol. The molecular formula is C18H25N5O7S. The molecule has 12 nitrogen and oxygen atoms in total. The van der Waals surface area contributed by atoms with Crippen molar-refractivity contribution in [2.45, 2.75) is 37.0 Å². The summed E-state index contributed by atoms with van der Waals surface area (Å²) in [7, 11) is 1.35. The van der Waals surface area contributed by atoms with Crippen molar-refractivity contribution >= 4 is 40.5 Å². The molecule has 1 saturated heterocycles. The van der Waals surface area contributed by atoms with E-state index in [9.17, 15) is 24.9 Å². The van der Waals surface area contributed by atoms with Gasteiger partial charge in [-0.15, -0.1) is 0 Å². The van der Waals surface area contributed by atoms with Gasteiger partial charge in [-0.2, -0.15) is 11.8 Å². The number of fused-ring (bicyclic) bond motifs is 1. The number of rotatable bonds is 10. The van der Waals surface area contributed by atoms with E-state index in [-0.39, 0.29) is 13.0 Å². The van der Waals surface area contributed by atoms with E-state index in [2.05, 4.69) is 20.0 Å². The van der Waals surface area contributed by atoms with Gasteiger partial charge < -0.3 is 40.4 Å². The Morgan fingerprint density at radius 3 is 2.87 bits per heavy atom. The quantitative estimate of drug-likeness (QED) is 0.276. The molecule has 6 N–H and O–H groups in total. The van der Waals surface area contributed by atoms with Gasteiger partial charge in [0.25, 0.3) is 0 Å². The zero-order valence-electron chi connectivity index (χ0n) is 16.7. The number of nitrogens with one attached hydrogen (secondary N) is 1. The highest BCUT2D eigenvalue weighted by molar-refractivity contribution is 7.99. The molecule has 0 bridgehead atoms. The number of carboxylic acids is 1. The Morgan fingerprint density at radius 2 is 2.16 bits per heavy atom. The Kier molecular flexibility index (Phi) is 7.67. The van der Waals surface area contributed by atoms with Crippen molar-refractivity contribution in [3.63, 3.8) is 0 Å². The molecule has 0 spiro atoms. The average molecular weight is 455 g/mol. The molecule has 1 aliphatic heterocycles. The number of carbonyl (C=O) groups is 2. The van der Waals surface area contributed by atoms with Crippen molar-refractivity contribution in [2.75, 3.05) is 31.0 Å². The zero-order valence-corrected chi connectivity index (χ0v) is 17.6. The molecule has 2 aromatic heterocycles. The van der Waals surface area contributed by atoms with Gasteiger partial charge in [-0.1, -0.05) is 0 Å². The van der Waals surface area contributed by atoms with E-state index in [4.69, 9.17) is 10.5 Å². The second kappa shape index (κ2) is 10.2. The molecule has 3 rings (SSSR count). The smallest absolute Gasteiger partial charge is 0.326 e. The van der Waals surface area contributed by atoms with Crippen LogP contribution in [0.2, 0.25) is 0 Å². The van der Waals surface area contributed by atoms with Crippen molar-refractivity contribution in [1.82, 2.24) is 19.9 Å². The topological polar surface area (TPSA) is 182 Å². The number of anilines is 1. The summed E-state index contributed by atoms with van der Waals surface area (Å²) in [5.41, 5.74) is 6.32. The number of carboxylic acid groups (broad SMARTS) is 1. The molecule has 13 heteroatoms. The number of aliphatic hydroxyl groups excluding tert-OH is 2. The fourth-order valence-corrected chi connectivity index (χ4v) is 4.39. The molecule has 31 heavy (non-hydrogen) atoms. The first kappa shape index (κ1) is 23.2. The van der Waals surface area contributed by atoms with Crippen molar-refractivity contribution in [3.05, 3.63) is 18.6 Å². The van der Waals surface area contributed by atoms with Crippen LogP contribution in [0.5, 0.6) is 0 Å². The van der Waals surface area contributed by atoms with E-state index in [0.717, 1.165) is 0 Å². The van der Waals surface area contributed by atoms with Gasteiger partial charge in [0.15, 0.2) is 6.23 Å². The van der Waals surface area contributed by atoms with Gasteiger partial charge in [-0.25, -0.2) is 14.8 Å². The SMILES string of the molecule is COCC(=O)NC(CCSC[C@H]1OC(n2ccc3c(N)ncnc32)[C@H](O)[C@@H]1O)C(=O)O. The van der Waals surface area contributed by atoms with Crippen LogP contribution in [0.3, 0.4) is 0 Å². The molecule has 170 valence electrons. The number of nitrogen functional groups attached to an aromatic ring is 1. The number of amides is 1.